The molecule has 0 aliphatic heterocycles. The molecule has 0 aliphatic carbocycles. The fraction of sp³-hybridized carbons (Fsp3) is 0.500. The van der Waals surface area contributed by atoms with Crippen molar-refractivity contribution in [3.05, 3.63) is 23.3 Å². The molecule has 0 aromatic rings. The summed E-state index contributed by atoms with van der Waals surface area (Å²) < 4.78 is 0. The molecule has 86 valence electrons. The van der Waals surface area contributed by atoms with Crippen molar-refractivity contribution < 1.29 is 4.79 Å². The van der Waals surface area contributed by atoms with Crippen LogP contribution in [0.15, 0.2) is 23.3 Å². The second-order valence-corrected chi connectivity index (χ2v) is 6.01. The molecule has 0 aliphatic rings. The molecule has 15 heavy (non-hydrogen) atoms. The molecule has 0 aromatic carbocycles. The first-order valence-corrected chi connectivity index (χ1v) is 6.40. The second kappa shape index (κ2) is 6.29. The lowest BCUT2D eigenvalue weighted by atomic mass is 10.1. The number of allylic oxidation sites excluding steroid dienone is 3. The molecule has 0 unspecified atom stereocenters. The van der Waals surface area contributed by atoms with E-state index in [9.17, 15) is 4.79 Å². The van der Waals surface area contributed by atoms with Crippen molar-refractivity contribution in [2.24, 2.45) is 0 Å². The molecule has 0 N–H and O–H groups in total. The summed E-state index contributed by atoms with van der Waals surface area (Å²) in [6.45, 7) is 6.84. The monoisotopic (exact) mass is 332 g/mol. The van der Waals surface area contributed by atoms with E-state index in [0.29, 0.717) is 11.5 Å². The third-order valence-corrected chi connectivity index (χ3v) is 4.63. The highest BCUT2D eigenvalue weighted by Crippen LogP contribution is 2.30. The fourth-order valence-electron chi connectivity index (χ4n) is 0.758. The van der Waals surface area contributed by atoms with Gasteiger partial charge in [0.25, 0.3) is 0 Å². The van der Waals surface area contributed by atoms with Gasteiger partial charge in [0, 0.05) is 5.88 Å². The topological polar surface area (TPSA) is 17.1 Å². The average Bonchev–Trinajstić information content (AvgIpc) is 2.14. The normalized spacial score (nSPS) is 18.1. The first-order valence-electron chi connectivity index (χ1n) is 4.20. The third kappa shape index (κ3) is 4.90. The van der Waals surface area contributed by atoms with Crippen LogP contribution < -0.4 is 0 Å². The molecule has 2 atom stereocenters. The number of rotatable bonds is 5. The predicted molar refractivity (Wildman–Crippen MR) is 71.5 cm³/mol. The maximum atomic E-state index is 11.4. The Labute approximate surface area is 114 Å². The number of carbonyl (C=O) groups is 1. The number of Topliss-reactive ketones (excluding diaryl/α,β-unsaturated/α-hetero) is 1. The molecule has 0 fully saturated rings. The van der Waals surface area contributed by atoms with Crippen molar-refractivity contribution in [1.82, 2.24) is 0 Å². The summed E-state index contributed by atoms with van der Waals surface area (Å²) >= 11 is 20.9. The van der Waals surface area contributed by atoms with Crippen LogP contribution in [0.3, 0.4) is 0 Å². The van der Waals surface area contributed by atoms with Gasteiger partial charge < -0.3 is 0 Å². The quantitative estimate of drug-likeness (QED) is 0.542. The minimum Gasteiger partial charge on any atom is -0.288 e. The highest BCUT2D eigenvalue weighted by atomic mass is 79.9. The van der Waals surface area contributed by atoms with Crippen molar-refractivity contribution in [2.75, 3.05) is 5.88 Å². The van der Waals surface area contributed by atoms with E-state index in [-0.39, 0.29) is 15.6 Å². The fourth-order valence-corrected chi connectivity index (χ4v) is 1.92. The molecule has 0 spiro atoms. The summed E-state index contributed by atoms with van der Waals surface area (Å²) in [5.41, 5.74) is 0.376. The van der Waals surface area contributed by atoms with Crippen LogP contribution in [0.2, 0.25) is 0 Å². The SMILES string of the molecule is C=C(C)C(=O)/C(Cl)=C/[C@](C)(Cl)[C@H](Br)CCl. The number of halogens is 4. The van der Waals surface area contributed by atoms with Crippen molar-refractivity contribution in [1.29, 1.82) is 0 Å². The van der Waals surface area contributed by atoms with Gasteiger partial charge in [-0.05, 0) is 25.5 Å². The van der Waals surface area contributed by atoms with Crippen molar-refractivity contribution in [3.8, 4) is 0 Å². The van der Waals surface area contributed by atoms with E-state index in [1.165, 1.54) is 6.08 Å². The lowest BCUT2D eigenvalue weighted by Crippen LogP contribution is -2.28. The summed E-state index contributed by atoms with van der Waals surface area (Å²) in [7, 11) is 0. The summed E-state index contributed by atoms with van der Waals surface area (Å²) in [6.07, 6.45) is 1.48. The summed E-state index contributed by atoms with van der Waals surface area (Å²) in [5.74, 6) is 0.0138. The predicted octanol–water partition coefficient (Wildman–Crippen LogP) is 4.25. The number of carbonyl (C=O) groups excluding carboxylic acids is 1. The van der Waals surface area contributed by atoms with Crippen LogP contribution in [0.4, 0.5) is 0 Å². The van der Waals surface area contributed by atoms with E-state index in [2.05, 4.69) is 22.5 Å². The van der Waals surface area contributed by atoms with Gasteiger partial charge in [-0.15, -0.1) is 23.2 Å². The van der Waals surface area contributed by atoms with Crippen molar-refractivity contribution >= 4 is 56.5 Å². The highest BCUT2D eigenvalue weighted by molar-refractivity contribution is 9.09. The molecule has 0 saturated carbocycles. The standard InChI is InChI=1S/C10H12BrCl3O/c1-6(2)9(15)7(13)4-10(3,14)8(11)5-12/h4,8H,1,5H2,2-3H3/b7-4-/t8-,10+/m1/s1. The first-order chi connectivity index (χ1) is 6.72. The van der Waals surface area contributed by atoms with Crippen LogP contribution in [-0.2, 0) is 4.79 Å². The van der Waals surface area contributed by atoms with Gasteiger partial charge in [0.05, 0.1) is 14.7 Å². The molecule has 5 heteroatoms. The second-order valence-electron chi connectivity index (χ2n) is 3.37. The van der Waals surface area contributed by atoms with E-state index in [1.54, 1.807) is 13.8 Å². The van der Waals surface area contributed by atoms with Crippen LogP contribution in [0.1, 0.15) is 13.8 Å². The summed E-state index contributed by atoms with van der Waals surface area (Å²) in [4.78, 5) is 10.5. The molecular formula is C10H12BrCl3O. The van der Waals surface area contributed by atoms with Gasteiger partial charge in [-0.2, -0.15) is 0 Å². The molecule has 0 heterocycles. The number of ketones is 1. The van der Waals surface area contributed by atoms with Crippen molar-refractivity contribution in [2.45, 2.75) is 23.5 Å². The van der Waals surface area contributed by atoms with Gasteiger partial charge in [0.2, 0.25) is 0 Å². The van der Waals surface area contributed by atoms with Crippen molar-refractivity contribution in [3.63, 3.8) is 0 Å². The Hall–Kier alpha value is 0.500. The van der Waals surface area contributed by atoms with Crippen LogP contribution in [0.5, 0.6) is 0 Å². The maximum absolute atomic E-state index is 11.4. The Balaban J connectivity index is 4.88. The van der Waals surface area contributed by atoms with Gasteiger partial charge in [-0.25, -0.2) is 0 Å². The van der Waals surface area contributed by atoms with Gasteiger partial charge in [-0.3, -0.25) is 4.79 Å². The minimum absolute atomic E-state index is 0.0644. The molecule has 1 nitrogen and oxygen atoms in total. The van der Waals surface area contributed by atoms with E-state index in [1.807, 2.05) is 0 Å². The molecule has 0 rings (SSSR count). The Morgan fingerprint density at radius 1 is 1.67 bits per heavy atom. The number of hydrogen-bond donors (Lipinski definition) is 0. The van der Waals surface area contributed by atoms with Gasteiger partial charge >= 0.3 is 0 Å². The van der Waals surface area contributed by atoms with E-state index in [4.69, 9.17) is 34.8 Å². The van der Waals surface area contributed by atoms with Gasteiger partial charge in [0.15, 0.2) is 5.78 Å². The number of hydrogen-bond acceptors (Lipinski definition) is 1. The lowest BCUT2D eigenvalue weighted by Gasteiger charge is -2.22. The average molecular weight is 334 g/mol. The Bertz CT molecular complexity index is 297. The Kier molecular flexibility index (Phi) is 6.50. The smallest absolute Gasteiger partial charge is 0.199 e. The van der Waals surface area contributed by atoms with Crippen LogP contribution >= 0.6 is 50.7 Å². The summed E-state index contributed by atoms with van der Waals surface area (Å²) in [6, 6.07) is 0. The Morgan fingerprint density at radius 3 is 2.47 bits per heavy atom. The van der Waals surface area contributed by atoms with Crippen LogP contribution in [0.25, 0.3) is 0 Å². The molecule has 0 aromatic heterocycles. The zero-order valence-electron chi connectivity index (χ0n) is 8.49. The largest absolute Gasteiger partial charge is 0.288 e. The number of alkyl halides is 3. The van der Waals surface area contributed by atoms with Crippen LogP contribution in [-0.4, -0.2) is 21.4 Å². The molecular weight excluding hydrogens is 322 g/mol. The van der Waals surface area contributed by atoms with E-state index in [0.717, 1.165) is 0 Å². The van der Waals surface area contributed by atoms with Gasteiger partial charge in [0.1, 0.15) is 0 Å². The third-order valence-electron chi connectivity index (χ3n) is 1.76. The minimum atomic E-state index is -0.802. The maximum Gasteiger partial charge on any atom is 0.199 e. The molecule has 0 radical (unpaired) electrons. The first kappa shape index (κ1) is 15.5. The molecule has 0 bridgehead atoms. The molecule has 0 saturated heterocycles. The molecule has 0 amide bonds. The van der Waals surface area contributed by atoms with Gasteiger partial charge in [-0.1, -0.05) is 34.1 Å². The Morgan fingerprint density at radius 2 is 2.13 bits per heavy atom. The highest BCUT2D eigenvalue weighted by Gasteiger charge is 2.28. The van der Waals surface area contributed by atoms with E-state index < -0.39 is 4.87 Å². The zero-order valence-corrected chi connectivity index (χ0v) is 12.3. The lowest BCUT2D eigenvalue weighted by molar-refractivity contribution is -0.111. The summed E-state index contributed by atoms with van der Waals surface area (Å²) in [5, 5.41) is 0.0644. The van der Waals surface area contributed by atoms with E-state index >= 15 is 0 Å². The van der Waals surface area contributed by atoms with Crippen LogP contribution in [0, 0.1) is 0 Å². The zero-order chi connectivity index (χ0) is 12.2.